The molecule has 0 saturated carbocycles. The normalized spacial score (nSPS) is 11.4. The van der Waals surface area contributed by atoms with Crippen molar-refractivity contribution in [3.63, 3.8) is 0 Å². The first-order valence-corrected chi connectivity index (χ1v) is 12.4. The number of aromatic hydroxyl groups is 1. The van der Waals surface area contributed by atoms with E-state index in [4.69, 9.17) is 14.7 Å². The molecule has 0 spiro atoms. The van der Waals surface area contributed by atoms with Gasteiger partial charge in [-0.3, -0.25) is 0 Å². The van der Waals surface area contributed by atoms with Crippen LogP contribution in [-0.2, 0) is 0 Å². The van der Waals surface area contributed by atoms with Gasteiger partial charge in [0.15, 0.2) is 16.8 Å². The Morgan fingerprint density at radius 1 is 0.657 bits per heavy atom. The highest BCUT2D eigenvalue weighted by molar-refractivity contribution is 7.98. The summed E-state index contributed by atoms with van der Waals surface area (Å²) in [5.41, 5.74) is 1.46. The van der Waals surface area contributed by atoms with Gasteiger partial charge in [-0.2, -0.15) is 0 Å². The number of benzene rings is 5. The highest BCUT2D eigenvalue weighted by atomic mass is 32.2. The van der Waals surface area contributed by atoms with E-state index in [-0.39, 0.29) is 5.75 Å². The van der Waals surface area contributed by atoms with Gasteiger partial charge in [0.05, 0.1) is 12.7 Å². The molecule has 0 saturated heterocycles. The van der Waals surface area contributed by atoms with Crippen LogP contribution < -0.4 is 4.74 Å². The molecular formula is C29H21N3O2S. The second-order valence-corrected chi connectivity index (χ2v) is 8.98. The Morgan fingerprint density at radius 3 is 2.09 bits per heavy atom. The summed E-state index contributed by atoms with van der Waals surface area (Å²) in [6.07, 6.45) is 1.93. The van der Waals surface area contributed by atoms with Crippen LogP contribution in [0, 0.1) is 0 Å². The molecule has 0 radical (unpaired) electrons. The summed E-state index contributed by atoms with van der Waals surface area (Å²) in [6.45, 7) is 0. The van der Waals surface area contributed by atoms with Crippen LogP contribution in [0.5, 0.6) is 11.5 Å². The second kappa shape index (κ2) is 8.56. The molecule has 0 aliphatic rings. The summed E-state index contributed by atoms with van der Waals surface area (Å²) in [5.74, 6) is 1.61. The summed E-state index contributed by atoms with van der Waals surface area (Å²) >= 11 is 1.44. The third kappa shape index (κ3) is 3.63. The van der Waals surface area contributed by atoms with E-state index in [0.717, 1.165) is 21.7 Å². The molecule has 0 atom stereocenters. The van der Waals surface area contributed by atoms with E-state index in [1.807, 2.05) is 12.3 Å². The Labute approximate surface area is 206 Å². The molecule has 0 aliphatic heterocycles. The molecule has 0 bridgehead atoms. The van der Waals surface area contributed by atoms with Crippen LogP contribution in [0.4, 0.5) is 0 Å². The second-order valence-electron chi connectivity index (χ2n) is 8.20. The van der Waals surface area contributed by atoms with Gasteiger partial charge in [-0.25, -0.2) is 15.0 Å². The first-order chi connectivity index (χ1) is 17.2. The smallest absolute Gasteiger partial charge is 0.191 e. The molecule has 5 nitrogen and oxygen atoms in total. The quantitative estimate of drug-likeness (QED) is 0.217. The molecule has 5 aromatic carbocycles. The summed E-state index contributed by atoms with van der Waals surface area (Å²) in [4.78, 5) is 14.2. The Hall–Kier alpha value is -4.16. The fourth-order valence-electron chi connectivity index (χ4n) is 4.56. The highest BCUT2D eigenvalue weighted by Crippen LogP contribution is 2.38. The molecule has 1 N–H and O–H groups in total. The van der Waals surface area contributed by atoms with Crippen LogP contribution in [0.25, 0.3) is 55.1 Å². The van der Waals surface area contributed by atoms with Gasteiger partial charge in [0.1, 0.15) is 11.5 Å². The van der Waals surface area contributed by atoms with Crippen LogP contribution in [0.3, 0.4) is 0 Å². The van der Waals surface area contributed by atoms with Crippen LogP contribution in [0.1, 0.15) is 0 Å². The number of phenols is 1. The van der Waals surface area contributed by atoms with E-state index in [9.17, 15) is 5.11 Å². The van der Waals surface area contributed by atoms with Crippen molar-refractivity contribution in [1.29, 1.82) is 0 Å². The van der Waals surface area contributed by atoms with E-state index >= 15 is 0 Å². The van der Waals surface area contributed by atoms with Crippen molar-refractivity contribution in [3.8, 4) is 34.3 Å². The standard InChI is InChI=1S/C29H21N3O2S/c1-34-18-12-14-23(26(33)15-18)27-30-28(32-29(31-27)35-2)25-16-24-19-8-4-3-7-17(19)11-13-22(24)20-9-5-6-10-21(20)25/h3-16,33H,1-2H3. The molecule has 170 valence electrons. The van der Waals surface area contributed by atoms with Crippen molar-refractivity contribution in [3.05, 3.63) is 84.9 Å². The lowest BCUT2D eigenvalue weighted by atomic mass is 9.93. The predicted molar refractivity (Wildman–Crippen MR) is 143 cm³/mol. The average molecular weight is 476 g/mol. The van der Waals surface area contributed by atoms with Crippen molar-refractivity contribution in [2.24, 2.45) is 0 Å². The number of hydrogen-bond donors (Lipinski definition) is 1. The van der Waals surface area contributed by atoms with Gasteiger partial charge in [0.25, 0.3) is 0 Å². The third-order valence-corrected chi connectivity index (χ3v) is 6.80. The molecule has 0 amide bonds. The maximum Gasteiger partial charge on any atom is 0.191 e. The zero-order valence-electron chi connectivity index (χ0n) is 19.2. The summed E-state index contributed by atoms with van der Waals surface area (Å²) in [5, 5.41) is 18.2. The van der Waals surface area contributed by atoms with Crippen molar-refractivity contribution in [2.75, 3.05) is 13.4 Å². The van der Waals surface area contributed by atoms with Crippen LogP contribution in [0.15, 0.2) is 90.1 Å². The Bertz CT molecular complexity index is 1750. The topological polar surface area (TPSA) is 68.1 Å². The SMILES string of the molecule is COc1ccc(-c2nc(SC)nc(-c3cc4c5ccccc5ccc4c4ccccc34)n2)c(O)c1. The van der Waals surface area contributed by atoms with E-state index < -0.39 is 0 Å². The molecule has 35 heavy (non-hydrogen) atoms. The van der Waals surface area contributed by atoms with Gasteiger partial charge in [-0.05, 0) is 56.8 Å². The number of aromatic nitrogens is 3. The van der Waals surface area contributed by atoms with Crippen molar-refractivity contribution in [2.45, 2.75) is 5.16 Å². The fraction of sp³-hybridized carbons (Fsp3) is 0.0690. The molecule has 0 fully saturated rings. The zero-order chi connectivity index (χ0) is 23.9. The van der Waals surface area contributed by atoms with E-state index in [0.29, 0.717) is 28.1 Å². The Kier molecular flexibility index (Phi) is 5.23. The number of thioether (sulfide) groups is 1. The van der Waals surface area contributed by atoms with Gasteiger partial charge in [0, 0.05) is 11.6 Å². The number of methoxy groups -OCH3 is 1. The molecular weight excluding hydrogens is 454 g/mol. The molecule has 6 heteroatoms. The lowest BCUT2D eigenvalue weighted by Gasteiger charge is -2.13. The van der Waals surface area contributed by atoms with Gasteiger partial charge in [-0.15, -0.1) is 0 Å². The van der Waals surface area contributed by atoms with Gasteiger partial charge in [-0.1, -0.05) is 72.4 Å². The number of ether oxygens (including phenoxy) is 1. The average Bonchev–Trinajstić information content (AvgIpc) is 2.91. The molecule has 1 aromatic heterocycles. The Morgan fingerprint density at radius 2 is 1.34 bits per heavy atom. The van der Waals surface area contributed by atoms with Crippen LogP contribution >= 0.6 is 11.8 Å². The maximum absolute atomic E-state index is 10.6. The number of phenolic OH excluding ortho intramolecular Hbond substituents is 1. The molecule has 6 aromatic rings. The minimum atomic E-state index is 0.0583. The first kappa shape index (κ1) is 21.4. The lowest BCUT2D eigenvalue weighted by Crippen LogP contribution is -2.00. The van der Waals surface area contributed by atoms with E-state index in [2.05, 4.69) is 65.6 Å². The zero-order valence-corrected chi connectivity index (χ0v) is 20.0. The first-order valence-electron chi connectivity index (χ1n) is 11.2. The maximum atomic E-state index is 10.6. The largest absolute Gasteiger partial charge is 0.507 e. The molecule has 1 heterocycles. The summed E-state index contributed by atoms with van der Waals surface area (Å²) in [6, 6.07) is 28.4. The van der Waals surface area contributed by atoms with Gasteiger partial charge < -0.3 is 9.84 Å². The molecule has 0 aliphatic carbocycles. The lowest BCUT2D eigenvalue weighted by molar-refractivity contribution is 0.408. The van der Waals surface area contributed by atoms with Crippen LogP contribution in [0.2, 0.25) is 0 Å². The van der Waals surface area contributed by atoms with Crippen molar-refractivity contribution in [1.82, 2.24) is 15.0 Å². The van der Waals surface area contributed by atoms with Crippen molar-refractivity contribution >= 4 is 44.1 Å². The molecule has 6 rings (SSSR count). The number of hydrogen-bond acceptors (Lipinski definition) is 6. The minimum Gasteiger partial charge on any atom is -0.507 e. The van der Waals surface area contributed by atoms with Crippen molar-refractivity contribution < 1.29 is 9.84 Å². The monoisotopic (exact) mass is 475 g/mol. The number of fused-ring (bicyclic) bond motifs is 5. The van der Waals surface area contributed by atoms with E-state index in [1.165, 1.54) is 27.9 Å². The fourth-order valence-corrected chi connectivity index (χ4v) is 4.92. The predicted octanol–water partition coefficient (Wildman–Crippen LogP) is 7.10. The van der Waals surface area contributed by atoms with Gasteiger partial charge >= 0.3 is 0 Å². The number of rotatable bonds is 4. The summed E-state index contributed by atoms with van der Waals surface area (Å²) in [7, 11) is 1.57. The summed E-state index contributed by atoms with van der Waals surface area (Å²) < 4.78 is 5.23. The van der Waals surface area contributed by atoms with E-state index in [1.54, 1.807) is 25.3 Å². The minimum absolute atomic E-state index is 0.0583. The van der Waals surface area contributed by atoms with Gasteiger partial charge in [0.2, 0.25) is 0 Å². The third-order valence-electron chi connectivity index (χ3n) is 6.25. The highest BCUT2D eigenvalue weighted by Gasteiger charge is 2.17. The van der Waals surface area contributed by atoms with Crippen LogP contribution in [-0.4, -0.2) is 33.4 Å². The molecule has 0 unspecified atom stereocenters. The Balaban J connectivity index is 1.67. The number of nitrogens with zero attached hydrogens (tertiary/aromatic N) is 3.